The molecule has 0 radical (unpaired) electrons. The summed E-state index contributed by atoms with van der Waals surface area (Å²) in [6, 6.07) is 5.83. The van der Waals surface area contributed by atoms with Crippen molar-refractivity contribution in [2.24, 2.45) is 0 Å². The number of nitrogens with one attached hydrogen (secondary N) is 1. The third kappa shape index (κ3) is 4.26. The minimum atomic E-state index is -3.43. The van der Waals surface area contributed by atoms with Gasteiger partial charge < -0.3 is 0 Å². The molecule has 0 amide bonds. The maximum absolute atomic E-state index is 12.7. The summed E-state index contributed by atoms with van der Waals surface area (Å²) in [5.41, 5.74) is 0.750. The van der Waals surface area contributed by atoms with E-state index in [1.54, 1.807) is 12.1 Å². The second kappa shape index (κ2) is 6.45. The summed E-state index contributed by atoms with van der Waals surface area (Å²) in [6.45, 7) is 1.36. The van der Waals surface area contributed by atoms with Crippen LogP contribution >= 0.6 is 0 Å². The Hall–Kier alpha value is -0.980. The summed E-state index contributed by atoms with van der Waals surface area (Å²) < 4.78 is 41.1. The van der Waals surface area contributed by atoms with Gasteiger partial charge in [0.25, 0.3) is 10.2 Å². The first-order valence-corrected chi connectivity index (χ1v) is 8.01. The Morgan fingerprint density at radius 1 is 1.05 bits per heavy atom. The van der Waals surface area contributed by atoms with E-state index in [-0.39, 0.29) is 12.4 Å². The number of halogens is 1. The van der Waals surface area contributed by atoms with Crippen LogP contribution in [0.15, 0.2) is 24.3 Å². The minimum absolute atomic E-state index is 0.194. The Kier molecular flexibility index (Phi) is 4.90. The lowest BCUT2D eigenvalue weighted by Gasteiger charge is -2.20. The van der Waals surface area contributed by atoms with E-state index < -0.39 is 10.2 Å². The summed E-state index contributed by atoms with van der Waals surface area (Å²) in [6.07, 6.45) is 4.00. The van der Waals surface area contributed by atoms with Crippen LogP contribution in [0.2, 0.25) is 0 Å². The van der Waals surface area contributed by atoms with Crippen molar-refractivity contribution < 1.29 is 12.8 Å². The van der Waals surface area contributed by atoms with Crippen LogP contribution in [0.3, 0.4) is 0 Å². The van der Waals surface area contributed by atoms with E-state index in [1.807, 2.05) is 0 Å². The van der Waals surface area contributed by atoms with Crippen molar-refractivity contribution in [3.8, 4) is 0 Å². The van der Waals surface area contributed by atoms with Crippen molar-refractivity contribution in [2.75, 3.05) is 13.1 Å². The van der Waals surface area contributed by atoms with Crippen LogP contribution in [0.25, 0.3) is 0 Å². The number of rotatable bonds is 4. The molecule has 0 saturated carbocycles. The molecule has 6 heteroatoms. The SMILES string of the molecule is O=S(=O)(NCc1ccc(F)cc1)N1CCCCCC1. The summed E-state index contributed by atoms with van der Waals surface area (Å²) in [4.78, 5) is 0. The van der Waals surface area contributed by atoms with Gasteiger partial charge in [0.15, 0.2) is 0 Å². The first-order chi connectivity index (χ1) is 9.08. The average molecular weight is 286 g/mol. The van der Waals surface area contributed by atoms with Gasteiger partial charge in [0.1, 0.15) is 5.82 Å². The van der Waals surface area contributed by atoms with Crippen LogP contribution in [0.1, 0.15) is 31.2 Å². The van der Waals surface area contributed by atoms with Crippen molar-refractivity contribution in [3.63, 3.8) is 0 Å². The van der Waals surface area contributed by atoms with Crippen molar-refractivity contribution in [1.29, 1.82) is 0 Å². The second-order valence-corrected chi connectivity index (χ2v) is 6.52. The molecular formula is C13H19FN2O2S. The highest BCUT2D eigenvalue weighted by Gasteiger charge is 2.22. The van der Waals surface area contributed by atoms with Gasteiger partial charge >= 0.3 is 0 Å². The number of hydrogen-bond acceptors (Lipinski definition) is 2. The van der Waals surface area contributed by atoms with Gasteiger partial charge in [0.05, 0.1) is 0 Å². The summed E-state index contributed by atoms with van der Waals surface area (Å²) in [5, 5.41) is 0. The first kappa shape index (κ1) is 14.4. The van der Waals surface area contributed by atoms with Gasteiger partial charge in [-0.3, -0.25) is 0 Å². The smallest absolute Gasteiger partial charge is 0.207 e. The fourth-order valence-electron chi connectivity index (χ4n) is 2.15. The van der Waals surface area contributed by atoms with Gasteiger partial charge in [0, 0.05) is 19.6 Å². The molecule has 0 aromatic heterocycles. The maximum atomic E-state index is 12.7. The zero-order valence-electron chi connectivity index (χ0n) is 10.8. The van der Waals surface area contributed by atoms with E-state index in [2.05, 4.69) is 4.72 Å². The molecule has 1 heterocycles. The Balaban J connectivity index is 1.94. The molecule has 1 aromatic rings. The molecule has 1 N–H and O–H groups in total. The fourth-order valence-corrected chi connectivity index (χ4v) is 3.42. The van der Waals surface area contributed by atoms with E-state index in [4.69, 9.17) is 0 Å². The normalized spacial score (nSPS) is 18.2. The Labute approximate surface area is 113 Å². The lowest BCUT2D eigenvalue weighted by atomic mass is 10.2. The zero-order valence-corrected chi connectivity index (χ0v) is 11.6. The lowest BCUT2D eigenvalue weighted by Crippen LogP contribution is -2.40. The molecule has 106 valence electrons. The summed E-state index contributed by atoms with van der Waals surface area (Å²) >= 11 is 0. The number of benzene rings is 1. The van der Waals surface area contributed by atoms with E-state index >= 15 is 0 Å². The topological polar surface area (TPSA) is 49.4 Å². The Morgan fingerprint density at radius 3 is 2.21 bits per heavy atom. The molecule has 1 fully saturated rings. The number of nitrogens with zero attached hydrogens (tertiary/aromatic N) is 1. The highest BCUT2D eigenvalue weighted by molar-refractivity contribution is 7.87. The molecule has 19 heavy (non-hydrogen) atoms. The third-order valence-electron chi connectivity index (χ3n) is 3.28. The van der Waals surface area contributed by atoms with Crippen molar-refractivity contribution >= 4 is 10.2 Å². The predicted octanol–water partition coefficient (Wildman–Crippen LogP) is 2.04. The van der Waals surface area contributed by atoms with Crippen LogP contribution in [0, 0.1) is 5.82 Å². The lowest BCUT2D eigenvalue weighted by molar-refractivity contribution is 0.414. The van der Waals surface area contributed by atoms with E-state index in [0.717, 1.165) is 31.2 Å². The fraction of sp³-hybridized carbons (Fsp3) is 0.538. The van der Waals surface area contributed by atoms with Crippen LogP contribution in [-0.4, -0.2) is 25.8 Å². The molecule has 0 spiro atoms. The predicted molar refractivity (Wildman–Crippen MR) is 72.2 cm³/mol. The molecular weight excluding hydrogens is 267 g/mol. The van der Waals surface area contributed by atoms with Gasteiger partial charge in [-0.05, 0) is 30.5 Å². The van der Waals surface area contributed by atoms with Gasteiger partial charge in [-0.15, -0.1) is 0 Å². The molecule has 2 rings (SSSR count). The molecule has 0 aliphatic carbocycles. The molecule has 1 aliphatic heterocycles. The molecule has 0 unspecified atom stereocenters. The van der Waals surface area contributed by atoms with E-state index in [9.17, 15) is 12.8 Å². The Morgan fingerprint density at radius 2 is 1.63 bits per heavy atom. The molecule has 0 bridgehead atoms. The molecule has 4 nitrogen and oxygen atoms in total. The highest BCUT2D eigenvalue weighted by Crippen LogP contribution is 2.13. The van der Waals surface area contributed by atoms with Crippen LogP contribution in [-0.2, 0) is 16.8 Å². The highest BCUT2D eigenvalue weighted by atomic mass is 32.2. The second-order valence-electron chi connectivity index (χ2n) is 4.77. The summed E-state index contributed by atoms with van der Waals surface area (Å²) in [5.74, 6) is -0.320. The van der Waals surface area contributed by atoms with Gasteiger partial charge in [-0.2, -0.15) is 17.4 Å². The monoisotopic (exact) mass is 286 g/mol. The van der Waals surface area contributed by atoms with Gasteiger partial charge in [-0.1, -0.05) is 25.0 Å². The number of hydrogen-bond donors (Lipinski definition) is 1. The molecule has 1 aromatic carbocycles. The quantitative estimate of drug-likeness (QED) is 0.921. The first-order valence-electron chi connectivity index (χ1n) is 6.57. The largest absolute Gasteiger partial charge is 0.279 e. The minimum Gasteiger partial charge on any atom is -0.207 e. The molecule has 0 atom stereocenters. The third-order valence-corrected chi connectivity index (χ3v) is 4.83. The van der Waals surface area contributed by atoms with Crippen LogP contribution < -0.4 is 4.72 Å². The molecule has 1 saturated heterocycles. The Bertz CT molecular complexity index is 494. The molecule has 1 aliphatic rings. The van der Waals surface area contributed by atoms with Gasteiger partial charge in [0.2, 0.25) is 0 Å². The van der Waals surface area contributed by atoms with Crippen molar-refractivity contribution in [2.45, 2.75) is 32.2 Å². The van der Waals surface area contributed by atoms with E-state index in [1.165, 1.54) is 16.4 Å². The van der Waals surface area contributed by atoms with E-state index in [0.29, 0.717) is 13.1 Å². The van der Waals surface area contributed by atoms with Gasteiger partial charge in [-0.25, -0.2) is 4.39 Å². The maximum Gasteiger partial charge on any atom is 0.279 e. The zero-order chi connectivity index (χ0) is 13.7. The average Bonchev–Trinajstić information content (AvgIpc) is 2.67. The van der Waals surface area contributed by atoms with Crippen LogP contribution in [0.4, 0.5) is 4.39 Å². The van der Waals surface area contributed by atoms with Crippen molar-refractivity contribution in [1.82, 2.24) is 9.03 Å². The standard InChI is InChI=1S/C13H19FN2O2S/c14-13-7-5-12(6-8-13)11-15-19(17,18)16-9-3-1-2-4-10-16/h5-8,15H,1-4,9-11H2. The summed E-state index contributed by atoms with van der Waals surface area (Å²) in [7, 11) is -3.43. The van der Waals surface area contributed by atoms with Crippen LogP contribution in [0.5, 0.6) is 0 Å². The van der Waals surface area contributed by atoms with Crippen molar-refractivity contribution in [3.05, 3.63) is 35.6 Å².